The molecule has 0 aliphatic heterocycles. The molecule has 1 aliphatic rings. The maximum atomic E-state index is 5.84. The Hall–Kier alpha value is -1.06. The molecule has 0 heterocycles. The van der Waals surface area contributed by atoms with Gasteiger partial charge in [-0.1, -0.05) is 25.0 Å². The van der Waals surface area contributed by atoms with E-state index in [0.717, 1.165) is 18.9 Å². The molecule has 0 bridgehead atoms. The van der Waals surface area contributed by atoms with Crippen LogP contribution in [0.1, 0.15) is 44.2 Å². The standard InChI is InChI=1S/C16H25NO2/c1-13(14-7-9-15(18-2)10-8-14)17-11-12-19-16-5-3-4-6-16/h7-10,13,16-17H,3-6,11-12H2,1-2H3. The summed E-state index contributed by atoms with van der Waals surface area (Å²) in [4.78, 5) is 0. The van der Waals surface area contributed by atoms with Gasteiger partial charge in [-0.3, -0.25) is 0 Å². The molecule has 1 N–H and O–H groups in total. The Kier molecular flexibility index (Phi) is 5.67. The maximum absolute atomic E-state index is 5.84. The van der Waals surface area contributed by atoms with Gasteiger partial charge in [-0.05, 0) is 37.5 Å². The fourth-order valence-corrected chi connectivity index (χ4v) is 2.57. The Labute approximate surface area is 116 Å². The van der Waals surface area contributed by atoms with Crippen LogP contribution < -0.4 is 10.1 Å². The summed E-state index contributed by atoms with van der Waals surface area (Å²) < 4.78 is 11.0. The van der Waals surface area contributed by atoms with Gasteiger partial charge in [0.1, 0.15) is 5.75 Å². The van der Waals surface area contributed by atoms with Crippen LogP contribution in [0.15, 0.2) is 24.3 Å². The first-order valence-electron chi connectivity index (χ1n) is 7.28. The second kappa shape index (κ2) is 7.51. The van der Waals surface area contributed by atoms with E-state index in [0.29, 0.717) is 12.1 Å². The zero-order valence-electron chi connectivity index (χ0n) is 12.0. The van der Waals surface area contributed by atoms with E-state index in [9.17, 15) is 0 Å². The van der Waals surface area contributed by atoms with E-state index in [2.05, 4.69) is 24.4 Å². The van der Waals surface area contributed by atoms with Gasteiger partial charge in [0.05, 0.1) is 19.8 Å². The Bertz CT molecular complexity index is 358. The monoisotopic (exact) mass is 263 g/mol. The maximum Gasteiger partial charge on any atom is 0.118 e. The number of hydrogen-bond acceptors (Lipinski definition) is 3. The van der Waals surface area contributed by atoms with Crippen molar-refractivity contribution in [2.75, 3.05) is 20.3 Å². The molecule has 1 aliphatic carbocycles. The van der Waals surface area contributed by atoms with Crippen LogP contribution in [-0.4, -0.2) is 26.4 Å². The van der Waals surface area contributed by atoms with Crippen molar-refractivity contribution in [1.29, 1.82) is 0 Å². The highest BCUT2D eigenvalue weighted by atomic mass is 16.5. The van der Waals surface area contributed by atoms with E-state index in [4.69, 9.17) is 9.47 Å². The van der Waals surface area contributed by atoms with Crippen molar-refractivity contribution in [3.05, 3.63) is 29.8 Å². The predicted octanol–water partition coefficient (Wildman–Crippen LogP) is 3.31. The molecule has 0 saturated heterocycles. The van der Waals surface area contributed by atoms with Crippen LogP contribution in [0.5, 0.6) is 5.75 Å². The second-order valence-electron chi connectivity index (χ2n) is 5.23. The lowest BCUT2D eigenvalue weighted by Crippen LogP contribution is -2.25. The van der Waals surface area contributed by atoms with Crippen LogP contribution >= 0.6 is 0 Å². The molecule has 106 valence electrons. The molecule has 3 heteroatoms. The fourth-order valence-electron chi connectivity index (χ4n) is 2.57. The predicted molar refractivity (Wildman–Crippen MR) is 77.6 cm³/mol. The summed E-state index contributed by atoms with van der Waals surface area (Å²) in [5.41, 5.74) is 1.28. The van der Waals surface area contributed by atoms with Crippen LogP contribution in [0, 0.1) is 0 Å². The summed E-state index contributed by atoms with van der Waals surface area (Å²) in [7, 11) is 1.69. The van der Waals surface area contributed by atoms with Gasteiger partial charge in [-0.25, -0.2) is 0 Å². The van der Waals surface area contributed by atoms with Crippen LogP contribution in [0.4, 0.5) is 0 Å². The highest BCUT2D eigenvalue weighted by Gasteiger charge is 2.14. The largest absolute Gasteiger partial charge is 0.497 e. The Morgan fingerprint density at radius 2 is 1.89 bits per heavy atom. The van der Waals surface area contributed by atoms with Crippen molar-refractivity contribution in [3.63, 3.8) is 0 Å². The van der Waals surface area contributed by atoms with Crippen molar-refractivity contribution >= 4 is 0 Å². The Morgan fingerprint density at radius 1 is 1.21 bits per heavy atom. The smallest absolute Gasteiger partial charge is 0.118 e. The zero-order chi connectivity index (χ0) is 13.5. The highest BCUT2D eigenvalue weighted by Crippen LogP contribution is 2.20. The quantitative estimate of drug-likeness (QED) is 0.766. The molecule has 1 saturated carbocycles. The lowest BCUT2D eigenvalue weighted by atomic mass is 10.1. The van der Waals surface area contributed by atoms with Crippen molar-refractivity contribution in [1.82, 2.24) is 5.32 Å². The number of nitrogens with one attached hydrogen (secondary N) is 1. The van der Waals surface area contributed by atoms with Gasteiger partial charge < -0.3 is 14.8 Å². The average Bonchev–Trinajstić information content (AvgIpc) is 2.96. The minimum Gasteiger partial charge on any atom is -0.497 e. The molecule has 1 atom stereocenters. The highest BCUT2D eigenvalue weighted by molar-refractivity contribution is 5.28. The third kappa shape index (κ3) is 4.51. The number of benzene rings is 1. The van der Waals surface area contributed by atoms with Gasteiger partial charge in [0.15, 0.2) is 0 Å². The fraction of sp³-hybridized carbons (Fsp3) is 0.625. The number of hydrogen-bond donors (Lipinski definition) is 1. The molecular formula is C16H25NO2. The first-order chi connectivity index (χ1) is 9.29. The Morgan fingerprint density at radius 3 is 2.53 bits per heavy atom. The molecule has 19 heavy (non-hydrogen) atoms. The lowest BCUT2D eigenvalue weighted by Gasteiger charge is -2.16. The van der Waals surface area contributed by atoms with Crippen molar-refractivity contribution < 1.29 is 9.47 Å². The summed E-state index contributed by atoms with van der Waals surface area (Å²) in [5.74, 6) is 0.903. The number of methoxy groups -OCH3 is 1. The van der Waals surface area contributed by atoms with Crippen LogP contribution in [-0.2, 0) is 4.74 Å². The number of ether oxygens (including phenoxy) is 2. The van der Waals surface area contributed by atoms with E-state index < -0.39 is 0 Å². The minimum atomic E-state index is 0.345. The van der Waals surface area contributed by atoms with Gasteiger partial charge >= 0.3 is 0 Å². The van der Waals surface area contributed by atoms with Gasteiger partial charge in [0.25, 0.3) is 0 Å². The molecule has 1 aromatic carbocycles. The van der Waals surface area contributed by atoms with Crippen LogP contribution in [0.25, 0.3) is 0 Å². The summed E-state index contributed by atoms with van der Waals surface area (Å²) in [6, 6.07) is 8.56. The third-order valence-electron chi connectivity index (χ3n) is 3.82. The topological polar surface area (TPSA) is 30.5 Å². The van der Waals surface area contributed by atoms with Crippen molar-refractivity contribution in [2.45, 2.75) is 44.8 Å². The van der Waals surface area contributed by atoms with Gasteiger partial charge in [0.2, 0.25) is 0 Å². The molecular weight excluding hydrogens is 238 g/mol. The van der Waals surface area contributed by atoms with E-state index in [1.54, 1.807) is 7.11 Å². The molecule has 3 nitrogen and oxygen atoms in total. The van der Waals surface area contributed by atoms with E-state index in [1.807, 2.05) is 12.1 Å². The summed E-state index contributed by atoms with van der Waals surface area (Å²) in [6.45, 7) is 3.90. The van der Waals surface area contributed by atoms with Gasteiger partial charge in [-0.2, -0.15) is 0 Å². The summed E-state index contributed by atoms with van der Waals surface area (Å²) >= 11 is 0. The van der Waals surface area contributed by atoms with Gasteiger partial charge in [0, 0.05) is 12.6 Å². The average molecular weight is 263 g/mol. The van der Waals surface area contributed by atoms with Crippen LogP contribution in [0.3, 0.4) is 0 Å². The first kappa shape index (κ1) is 14.4. The molecule has 0 aromatic heterocycles. The molecule has 1 aromatic rings. The Balaban J connectivity index is 1.66. The van der Waals surface area contributed by atoms with Crippen molar-refractivity contribution in [3.8, 4) is 5.75 Å². The van der Waals surface area contributed by atoms with Gasteiger partial charge in [-0.15, -0.1) is 0 Å². The van der Waals surface area contributed by atoms with E-state index in [1.165, 1.54) is 31.2 Å². The minimum absolute atomic E-state index is 0.345. The molecule has 1 fully saturated rings. The summed E-state index contributed by atoms with van der Waals surface area (Å²) in [6.07, 6.45) is 5.67. The molecule has 0 amide bonds. The molecule has 2 rings (SSSR count). The second-order valence-corrected chi connectivity index (χ2v) is 5.23. The van der Waals surface area contributed by atoms with E-state index >= 15 is 0 Å². The van der Waals surface area contributed by atoms with Crippen LogP contribution in [0.2, 0.25) is 0 Å². The lowest BCUT2D eigenvalue weighted by molar-refractivity contribution is 0.0593. The third-order valence-corrected chi connectivity index (χ3v) is 3.82. The summed E-state index contributed by atoms with van der Waals surface area (Å²) in [5, 5.41) is 3.49. The molecule has 0 radical (unpaired) electrons. The van der Waals surface area contributed by atoms with Crippen molar-refractivity contribution in [2.24, 2.45) is 0 Å². The number of rotatable bonds is 7. The first-order valence-corrected chi connectivity index (χ1v) is 7.28. The molecule has 0 spiro atoms. The SMILES string of the molecule is COc1ccc(C(C)NCCOC2CCCC2)cc1. The molecule has 1 unspecified atom stereocenters. The zero-order valence-corrected chi connectivity index (χ0v) is 12.0. The van der Waals surface area contributed by atoms with E-state index in [-0.39, 0.29) is 0 Å². The normalized spacial score (nSPS) is 17.6.